The molecule has 0 aliphatic carbocycles. The normalized spacial score (nSPS) is 23.3. The Morgan fingerprint density at radius 1 is 1.63 bits per heavy atom. The zero-order chi connectivity index (χ0) is 13.1. The van der Waals surface area contributed by atoms with Crippen molar-refractivity contribution in [3.05, 3.63) is 17.5 Å². The smallest absolute Gasteiger partial charge is 0.234 e. The predicted octanol–water partition coefficient (Wildman–Crippen LogP) is 0.0630. The van der Waals surface area contributed by atoms with Gasteiger partial charge in [-0.1, -0.05) is 0 Å². The topological polar surface area (TPSA) is 70.2 Å². The van der Waals surface area contributed by atoms with Gasteiger partial charge in [-0.3, -0.25) is 14.8 Å². The molecule has 1 unspecified atom stereocenters. The molecule has 1 fully saturated rings. The van der Waals surface area contributed by atoms with Gasteiger partial charge in [-0.25, -0.2) is 0 Å². The lowest BCUT2D eigenvalue weighted by Crippen LogP contribution is -2.41. The Morgan fingerprint density at radius 3 is 3.42 bits per heavy atom. The second-order valence-corrected chi connectivity index (χ2v) is 5.27. The number of nitrogens with zero attached hydrogens (tertiary/aromatic N) is 2. The van der Waals surface area contributed by atoms with Crippen LogP contribution >= 0.6 is 0 Å². The van der Waals surface area contributed by atoms with Crippen LogP contribution in [0.2, 0.25) is 0 Å². The number of aromatic nitrogens is 2. The van der Waals surface area contributed by atoms with Gasteiger partial charge in [0.2, 0.25) is 5.91 Å². The number of hydrogen-bond donors (Lipinski definition) is 2. The van der Waals surface area contributed by atoms with Crippen molar-refractivity contribution in [2.45, 2.75) is 31.9 Å². The fourth-order valence-corrected chi connectivity index (χ4v) is 2.71. The SMILES string of the molecule is O=C(CN1CCc2[nH]ncc2C1)NCC1CCCO1. The summed E-state index contributed by atoms with van der Waals surface area (Å²) in [7, 11) is 0. The van der Waals surface area contributed by atoms with Crippen molar-refractivity contribution in [1.82, 2.24) is 20.4 Å². The van der Waals surface area contributed by atoms with E-state index in [4.69, 9.17) is 4.74 Å². The molecule has 1 amide bonds. The molecule has 3 rings (SSSR count). The van der Waals surface area contributed by atoms with Crippen LogP contribution in [-0.4, -0.2) is 53.3 Å². The Bertz CT molecular complexity index is 440. The minimum atomic E-state index is 0.0856. The molecule has 0 spiro atoms. The molecule has 1 atom stereocenters. The molecule has 1 aromatic rings. The average Bonchev–Trinajstić information content (AvgIpc) is 3.07. The minimum Gasteiger partial charge on any atom is -0.376 e. The predicted molar refractivity (Wildman–Crippen MR) is 69.6 cm³/mol. The van der Waals surface area contributed by atoms with E-state index in [-0.39, 0.29) is 12.0 Å². The molecule has 2 aliphatic heterocycles. The van der Waals surface area contributed by atoms with Crippen LogP contribution in [0, 0.1) is 0 Å². The summed E-state index contributed by atoms with van der Waals surface area (Å²) in [5.41, 5.74) is 2.41. The lowest BCUT2D eigenvalue weighted by atomic mass is 10.1. The minimum absolute atomic E-state index is 0.0856. The van der Waals surface area contributed by atoms with Gasteiger partial charge < -0.3 is 10.1 Å². The van der Waals surface area contributed by atoms with Crippen molar-refractivity contribution in [3.63, 3.8) is 0 Å². The number of nitrogens with one attached hydrogen (secondary N) is 2. The maximum Gasteiger partial charge on any atom is 0.234 e. The summed E-state index contributed by atoms with van der Waals surface area (Å²) in [6.45, 7) is 3.64. The zero-order valence-electron chi connectivity index (χ0n) is 11.0. The van der Waals surface area contributed by atoms with Crippen LogP contribution in [0.1, 0.15) is 24.1 Å². The van der Waals surface area contributed by atoms with Crippen molar-refractivity contribution in [1.29, 1.82) is 0 Å². The fourth-order valence-electron chi connectivity index (χ4n) is 2.71. The van der Waals surface area contributed by atoms with Crippen LogP contribution in [-0.2, 0) is 22.5 Å². The maximum absolute atomic E-state index is 11.9. The number of amides is 1. The summed E-state index contributed by atoms with van der Waals surface area (Å²) < 4.78 is 5.49. The van der Waals surface area contributed by atoms with Crippen molar-refractivity contribution >= 4 is 5.91 Å². The summed E-state index contributed by atoms with van der Waals surface area (Å²) in [6, 6.07) is 0. The Labute approximate surface area is 112 Å². The summed E-state index contributed by atoms with van der Waals surface area (Å²) in [4.78, 5) is 14.0. The second kappa shape index (κ2) is 5.71. The van der Waals surface area contributed by atoms with Crippen molar-refractivity contribution in [2.24, 2.45) is 0 Å². The van der Waals surface area contributed by atoms with Crippen LogP contribution in [0.25, 0.3) is 0 Å². The van der Waals surface area contributed by atoms with Gasteiger partial charge in [0, 0.05) is 43.9 Å². The number of H-pyrrole nitrogens is 1. The molecule has 0 radical (unpaired) electrons. The lowest BCUT2D eigenvalue weighted by Gasteiger charge is -2.25. The number of ether oxygens (including phenoxy) is 1. The molecule has 1 saturated heterocycles. The van der Waals surface area contributed by atoms with E-state index in [1.54, 1.807) is 0 Å². The van der Waals surface area contributed by atoms with E-state index in [1.165, 1.54) is 11.3 Å². The average molecular weight is 264 g/mol. The molecule has 0 aromatic carbocycles. The number of carbonyl (C=O) groups excluding carboxylic acids is 1. The van der Waals surface area contributed by atoms with Gasteiger partial charge in [-0.05, 0) is 12.8 Å². The Kier molecular flexibility index (Phi) is 3.79. The van der Waals surface area contributed by atoms with Crippen LogP contribution in [0.5, 0.6) is 0 Å². The molecule has 0 saturated carbocycles. The van der Waals surface area contributed by atoms with Gasteiger partial charge in [-0.15, -0.1) is 0 Å². The third-order valence-corrected chi connectivity index (χ3v) is 3.80. The maximum atomic E-state index is 11.9. The number of hydrogen-bond acceptors (Lipinski definition) is 4. The Morgan fingerprint density at radius 2 is 2.58 bits per heavy atom. The summed E-state index contributed by atoms with van der Waals surface area (Å²) in [5, 5.41) is 10.00. The van der Waals surface area contributed by atoms with Gasteiger partial charge in [0.05, 0.1) is 18.8 Å². The highest BCUT2D eigenvalue weighted by atomic mass is 16.5. The first-order chi connectivity index (χ1) is 9.31. The molecule has 19 heavy (non-hydrogen) atoms. The zero-order valence-corrected chi connectivity index (χ0v) is 11.0. The molecule has 3 heterocycles. The monoisotopic (exact) mass is 264 g/mol. The van der Waals surface area contributed by atoms with Crippen LogP contribution < -0.4 is 5.32 Å². The Balaban J connectivity index is 1.42. The molecule has 0 bridgehead atoms. The highest BCUT2D eigenvalue weighted by molar-refractivity contribution is 5.78. The number of carbonyl (C=O) groups is 1. The third kappa shape index (κ3) is 3.13. The highest BCUT2D eigenvalue weighted by Crippen LogP contribution is 2.15. The van der Waals surface area contributed by atoms with Crippen LogP contribution in [0.4, 0.5) is 0 Å². The number of fused-ring (bicyclic) bond motifs is 1. The summed E-state index contributed by atoms with van der Waals surface area (Å²) >= 11 is 0. The second-order valence-electron chi connectivity index (χ2n) is 5.27. The molecule has 1 aromatic heterocycles. The van der Waals surface area contributed by atoms with Crippen molar-refractivity contribution in [3.8, 4) is 0 Å². The molecule has 2 N–H and O–H groups in total. The molecular formula is C13H20N4O2. The molecule has 104 valence electrons. The Hall–Kier alpha value is -1.40. The summed E-state index contributed by atoms with van der Waals surface area (Å²) in [6.07, 6.45) is 5.17. The van der Waals surface area contributed by atoms with Gasteiger partial charge in [-0.2, -0.15) is 5.10 Å². The number of rotatable bonds is 4. The van der Waals surface area contributed by atoms with E-state index < -0.39 is 0 Å². The first-order valence-corrected chi connectivity index (χ1v) is 6.93. The quantitative estimate of drug-likeness (QED) is 0.807. The molecular weight excluding hydrogens is 244 g/mol. The largest absolute Gasteiger partial charge is 0.376 e. The van der Waals surface area contributed by atoms with Gasteiger partial charge in [0.15, 0.2) is 0 Å². The van der Waals surface area contributed by atoms with E-state index in [9.17, 15) is 4.79 Å². The molecule has 6 nitrogen and oxygen atoms in total. The van der Waals surface area contributed by atoms with E-state index >= 15 is 0 Å². The highest BCUT2D eigenvalue weighted by Gasteiger charge is 2.21. The number of aromatic amines is 1. The van der Waals surface area contributed by atoms with Gasteiger partial charge in [0.25, 0.3) is 0 Å². The third-order valence-electron chi connectivity index (χ3n) is 3.80. The van der Waals surface area contributed by atoms with Crippen LogP contribution in [0.15, 0.2) is 6.20 Å². The van der Waals surface area contributed by atoms with E-state index in [2.05, 4.69) is 20.4 Å². The first-order valence-electron chi connectivity index (χ1n) is 6.93. The van der Waals surface area contributed by atoms with Crippen molar-refractivity contribution in [2.75, 3.05) is 26.2 Å². The van der Waals surface area contributed by atoms with Gasteiger partial charge in [0.1, 0.15) is 0 Å². The van der Waals surface area contributed by atoms with Crippen molar-refractivity contribution < 1.29 is 9.53 Å². The van der Waals surface area contributed by atoms with E-state index in [0.717, 1.165) is 39.0 Å². The van der Waals surface area contributed by atoms with Gasteiger partial charge >= 0.3 is 0 Å². The standard InChI is InChI=1S/C13H20N4O2/c18-13(14-7-11-2-1-5-19-11)9-17-4-3-12-10(8-17)6-15-16-12/h6,11H,1-5,7-9H2,(H,14,18)(H,15,16). The first kappa shape index (κ1) is 12.6. The lowest BCUT2D eigenvalue weighted by molar-refractivity contribution is -0.123. The fraction of sp³-hybridized carbons (Fsp3) is 0.692. The van der Waals surface area contributed by atoms with E-state index in [1.807, 2.05) is 6.20 Å². The molecule has 6 heteroatoms. The summed E-state index contributed by atoms with van der Waals surface area (Å²) in [5.74, 6) is 0.0856. The molecule has 2 aliphatic rings. The van der Waals surface area contributed by atoms with E-state index in [0.29, 0.717) is 13.1 Å². The van der Waals surface area contributed by atoms with Crippen LogP contribution in [0.3, 0.4) is 0 Å².